The normalized spacial score (nSPS) is 28.5. The standard InChI is InChI=1S/C25H43BO3/c1-16(17(2)24(12)18(27)29-19(28)25(24,13)26)14-21(6,7)23(10,11)22(8,9)15-20(3,4)5/h14,17H,15H2,1-13H3/b16-14+/t17-,24-,25+/m1/s1. The minimum Gasteiger partial charge on any atom is -0.393 e. The van der Waals surface area contributed by atoms with Crippen LogP contribution in [-0.2, 0) is 14.3 Å². The second-order valence-electron chi connectivity index (χ2n) is 12.7. The van der Waals surface area contributed by atoms with E-state index >= 15 is 0 Å². The van der Waals surface area contributed by atoms with E-state index in [1.807, 2.05) is 13.8 Å². The molecule has 0 N–H and O–H groups in total. The number of allylic oxidation sites excluding steroid dienone is 2. The highest BCUT2D eigenvalue weighted by atomic mass is 16.6. The number of hydrogen-bond acceptors (Lipinski definition) is 3. The van der Waals surface area contributed by atoms with Gasteiger partial charge in [0.05, 0.1) is 13.3 Å². The zero-order chi connectivity index (χ0) is 23.4. The van der Waals surface area contributed by atoms with Gasteiger partial charge in [0.1, 0.15) is 0 Å². The quantitative estimate of drug-likeness (QED) is 0.220. The summed E-state index contributed by atoms with van der Waals surface area (Å²) in [5, 5.41) is -1.34. The zero-order valence-electron chi connectivity index (χ0n) is 21.2. The third kappa shape index (κ3) is 4.23. The molecule has 4 heteroatoms. The van der Waals surface area contributed by atoms with Crippen molar-refractivity contribution in [2.24, 2.45) is 33.0 Å². The Morgan fingerprint density at radius 2 is 1.45 bits per heavy atom. The fourth-order valence-corrected chi connectivity index (χ4v) is 5.10. The Labute approximate surface area is 180 Å². The van der Waals surface area contributed by atoms with Crippen LogP contribution < -0.4 is 0 Å². The Hall–Kier alpha value is -1.06. The molecule has 29 heavy (non-hydrogen) atoms. The predicted octanol–water partition coefficient (Wildman–Crippen LogP) is 6.52. The SMILES string of the molecule is [B][C@@]1(C)C(=O)OC(=O)[C@@]1(C)[C@H](C)/C(C)=C/C(C)(C)C(C)(C)C(C)(C)CC(C)(C)C. The number of hydrogen-bond donors (Lipinski definition) is 0. The van der Waals surface area contributed by atoms with Gasteiger partial charge in [-0.05, 0) is 47.8 Å². The van der Waals surface area contributed by atoms with Crippen molar-refractivity contribution in [1.29, 1.82) is 0 Å². The summed E-state index contributed by atoms with van der Waals surface area (Å²) in [6, 6.07) is 0. The largest absolute Gasteiger partial charge is 0.393 e. The third-order valence-corrected chi connectivity index (χ3v) is 8.52. The molecule has 0 saturated carbocycles. The first kappa shape index (κ1) is 26.0. The number of esters is 2. The molecule has 0 aliphatic carbocycles. The summed E-state index contributed by atoms with van der Waals surface area (Å²) in [6.45, 7) is 28.1. The van der Waals surface area contributed by atoms with Crippen LogP contribution in [0.2, 0.25) is 5.31 Å². The molecule has 0 spiro atoms. The number of cyclic esters (lactones) is 2. The van der Waals surface area contributed by atoms with Crippen LogP contribution in [0, 0.1) is 33.0 Å². The van der Waals surface area contributed by atoms with Gasteiger partial charge < -0.3 is 4.74 Å². The summed E-state index contributed by atoms with van der Waals surface area (Å²) < 4.78 is 4.94. The molecule has 1 aliphatic rings. The van der Waals surface area contributed by atoms with Crippen molar-refractivity contribution in [2.45, 2.75) is 102 Å². The first-order chi connectivity index (χ1) is 12.5. The molecule has 0 amide bonds. The Morgan fingerprint density at radius 1 is 1.00 bits per heavy atom. The molecule has 3 atom stereocenters. The maximum Gasteiger partial charge on any atom is 0.320 e. The van der Waals surface area contributed by atoms with Gasteiger partial charge in [0.25, 0.3) is 0 Å². The van der Waals surface area contributed by atoms with Gasteiger partial charge in [0.15, 0.2) is 0 Å². The van der Waals surface area contributed by atoms with E-state index in [2.05, 4.69) is 68.4 Å². The predicted molar refractivity (Wildman–Crippen MR) is 122 cm³/mol. The average molecular weight is 402 g/mol. The second kappa shape index (κ2) is 7.27. The van der Waals surface area contributed by atoms with Crippen LogP contribution in [0.25, 0.3) is 0 Å². The summed E-state index contributed by atoms with van der Waals surface area (Å²) in [7, 11) is 6.29. The number of rotatable bonds is 6. The summed E-state index contributed by atoms with van der Waals surface area (Å²) in [5.41, 5.74) is 0.114. The van der Waals surface area contributed by atoms with Crippen LogP contribution in [0.1, 0.15) is 96.4 Å². The number of ether oxygens (including phenoxy) is 1. The van der Waals surface area contributed by atoms with E-state index in [-0.39, 0.29) is 27.6 Å². The molecule has 0 unspecified atom stereocenters. The van der Waals surface area contributed by atoms with Crippen molar-refractivity contribution in [3.8, 4) is 0 Å². The molecule has 1 rings (SSSR count). The fourth-order valence-electron chi connectivity index (χ4n) is 5.10. The minimum atomic E-state index is -1.34. The monoisotopic (exact) mass is 402 g/mol. The van der Waals surface area contributed by atoms with Crippen molar-refractivity contribution in [1.82, 2.24) is 0 Å². The van der Waals surface area contributed by atoms with Crippen molar-refractivity contribution >= 4 is 19.8 Å². The van der Waals surface area contributed by atoms with Crippen LogP contribution >= 0.6 is 0 Å². The second-order valence-corrected chi connectivity index (χ2v) is 12.7. The molecule has 0 aromatic heterocycles. The molecule has 1 aliphatic heterocycles. The lowest BCUT2D eigenvalue weighted by molar-refractivity contribution is -0.155. The molecule has 3 nitrogen and oxygen atoms in total. The molecule has 1 heterocycles. The van der Waals surface area contributed by atoms with Crippen LogP contribution in [0.4, 0.5) is 0 Å². The molecule has 1 fully saturated rings. The number of carbonyl (C=O) groups excluding carboxylic acids is 2. The van der Waals surface area contributed by atoms with Crippen molar-refractivity contribution in [3.63, 3.8) is 0 Å². The van der Waals surface area contributed by atoms with E-state index in [0.717, 1.165) is 12.0 Å². The maximum absolute atomic E-state index is 12.6. The molecule has 0 aromatic rings. The summed E-state index contributed by atoms with van der Waals surface area (Å²) in [4.78, 5) is 24.8. The number of carbonyl (C=O) groups is 2. The Balaban J connectivity index is 3.36. The van der Waals surface area contributed by atoms with E-state index in [0.29, 0.717) is 0 Å². The topological polar surface area (TPSA) is 43.4 Å². The van der Waals surface area contributed by atoms with Crippen molar-refractivity contribution in [2.75, 3.05) is 0 Å². The van der Waals surface area contributed by atoms with E-state index in [1.54, 1.807) is 13.8 Å². The van der Waals surface area contributed by atoms with Crippen molar-refractivity contribution in [3.05, 3.63) is 11.6 Å². The van der Waals surface area contributed by atoms with E-state index in [1.165, 1.54) is 0 Å². The van der Waals surface area contributed by atoms with Crippen molar-refractivity contribution < 1.29 is 14.3 Å². The molecular formula is C25H43BO3. The van der Waals surface area contributed by atoms with Crippen LogP contribution in [0.3, 0.4) is 0 Å². The molecule has 1 saturated heterocycles. The van der Waals surface area contributed by atoms with Gasteiger partial charge in [-0.2, -0.15) is 0 Å². The lowest BCUT2D eigenvalue weighted by Gasteiger charge is -2.53. The zero-order valence-corrected chi connectivity index (χ0v) is 21.2. The molecule has 0 bridgehead atoms. The summed E-state index contributed by atoms with van der Waals surface area (Å²) in [5.74, 6) is -1.40. The highest BCUT2D eigenvalue weighted by Gasteiger charge is 2.62. The Kier molecular flexibility index (Phi) is 6.51. The van der Waals surface area contributed by atoms with Gasteiger partial charge in [-0.15, -0.1) is 0 Å². The minimum absolute atomic E-state index is 0.0206. The highest BCUT2D eigenvalue weighted by Crippen LogP contribution is 2.59. The van der Waals surface area contributed by atoms with Gasteiger partial charge >= 0.3 is 11.9 Å². The molecule has 0 aromatic carbocycles. The average Bonchev–Trinajstić information content (AvgIpc) is 2.63. The van der Waals surface area contributed by atoms with E-state index < -0.39 is 22.7 Å². The molecule has 2 radical (unpaired) electrons. The van der Waals surface area contributed by atoms with Crippen LogP contribution in [0.15, 0.2) is 11.6 Å². The Bertz CT molecular complexity index is 704. The van der Waals surface area contributed by atoms with Gasteiger partial charge in [-0.25, -0.2) is 0 Å². The molecular weight excluding hydrogens is 359 g/mol. The maximum atomic E-state index is 12.6. The summed E-state index contributed by atoms with van der Waals surface area (Å²) >= 11 is 0. The fraction of sp³-hybridized carbons (Fsp3) is 0.840. The lowest BCUT2D eigenvalue weighted by atomic mass is 9.49. The van der Waals surface area contributed by atoms with Gasteiger partial charge in [0.2, 0.25) is 0 Å². The van der Waals surface area contributed by atoms with Crippen LogP contribution in [-0.4, -0.2) is 19.8 Å². The molecule has 164 valence electrons. The summed E-state index contributed by atoms with van der Waals surface area (Å²) in [6.07, 6.45) is 3.37. The Morgan fingerprint density at radius 3 is 1.79 bits per heavy atom. The van der Waals surface area contributed by atoms with Gasteiger partial charge in [0, 0.05) is 5.31 Å². The van der Waals surface area contributed by atoms with E-state index in [4.69, 9.17) is 12.6 Å². The van der Waals surface area contributed by atoms with Gasteiger partial charge in [-0.3, -0.25) is 9.59 Å². The first-order valence-corrected chi connectivity index (χ1v) is 10.8. The van der Waals surface area contributed by atoms with E-state index in [9.17, 15) is 9.59 Å². The lowest BCUT2D eigenvalue weighted by Crippen LogP contribution is -2.46. The van der Waals surface area contributed by atoms with Gasteiger partial charge in [-0.1, -0.05) is 87.8 Å². The first-order valence-electron chi connectivity index (χ1n) is 10.8. The highest BCUT2D eigenvalue weighted by molar-refractivity contribution is 6.32. The third-order valence-electron chi connectivity index (χ3n) is 8.52. The smallest absolute Gasteiger partial charge is 0.320 e. The van der Waals surface area contributed by atoms with Crippen LogP contribution in [0.5, 0.6) is 0 Å².